The maximum Gasteiger partial charge on any atom is 0.230 e. The molecule has 1 amide bonds. The van der Waals surface area contributed by atoms with Gasteiger partial charge in [-0.05, 0) is 56.7 Å². The summed E-state index contributed by atoms with van der Waals surface area (Å²) in [5.41, 5.74) is 9.32. The second-order valence-corrected chi connectivity index (χ2v) is 10.0. The molecule has 1 fully saturated rings. The molecule has 2 N–H and O–H groups in total. The lowest BCUT2D eigenvalue weighted by Crippen LogP contribution is -2.51. The van der Waals surface area contributed by atoms with E-state index in [1.165, 1.54) is 11.3 Å². The second kappa shape index (κ2) is 8.75. The maximum atomic E-state index is 13.5. The van der Waals surface area contributed by atoms with Crippen molar-refractivity contribution in [2.24, 2.45) is 5.73 Å². The summed E-state index contributed by atoms with van der Waals surface area (Å²) < 4.78 is 0. The third kappa shape index (κ3) is 4.85. The summed E-state index contributed by atoms with van der Waals surface area (Å²) >= 11 is 6.07. The number of piperazine rings is 1. The Morgan fingerprint density at radius 2 is 1.87 bits per heavy atom. The fourth-order valence-corrected chi connectivity index (χ4v) is 4.93. The van der Waals surface area contributed by atoms with Crippen LogP contribution in [0.4, 0.5) is 5.82 Å². The van der Waals surface area contributed by atoms with Crippen molar-refractivity contribution in [2.75, 3.05) is 31.1 Å². The number of rotatable bonds is 5. The zero-order valence-corrected chi connectivity index (χ0v) is 19.4. The Balaban J connectivity index is 1.49. The van der Waals surface area contributed by atoms with Gasteiger partial charge in [0.15, 0.2) is 0 Å². The van der Waals surface area contributed by atoms with Gasteiger partial charge in [0.05, 0.1) is 5.92 Å². The van der Waals surface area contributed by atoms with E-state index in [1.54, 1.807) is 6.33 Å². The monoisotopic (exact) mass is 441 g/mol. The van der Waals surface area contributed by atoms with Gasteiger partial charge in [0.25, 0.3) is 0 Å². The van der Waals surface area contributed by atoms with Gasteiger partial charge in [-0.2, -0.15) is 0 Å². The lowest BCUT2D eigenvalue weighted by atomic mass is 9.85. The van der Waals surface area contributed by atoms with E-state index < -0.39 is 5.54 Å². The standard InChI is InChI=1S/C24H32ClN5O/c1-16-4-9-20-21(16)22(28-15-27-20)29-10-12-30(13-11-29)23(31)19(14-24(2,3)26)17-5-7-18(25)8-6-17/h5-8,15-16,19H,4,9-14,26H2,1-3H3/t16-,19?/m1/s1. The summed E-state index contributed by atoms with van der Waals surface area (Å²) in [4.78, 5) is 26.9. The van der Waals surface area contributed by atoms with Crippen molar-refractivity contribution in [3.05, 3.63) is 52.4 Å². The molecule has 1 aromatic heterocycles. The Bertz CT molecular complexity index is 932. The summed E-state index contributed by atoms with van der Waals surface area (Å²) in [6.07, 6.45) is 4.44. The number of hydrogen-bond donors (Lipinski definition) is 1. The van der Waals surface area contributed by atoms with E-state index in [0.29, 0.717) is 30.5 Å². The van der Waals surface area contributed by atoms with Crippen LogP contribution in [0.25, 0.3) is 0 Å². The topological polar surface area (TPSA) is 75.4 Å². The number of anilines is 1. The van der Waals surface area contributed by atoms with Crippen LogP contribution < -0.4 is 10.6 Å². The van der Waals surface area contributed by atoms with Crippen molar-refractivity contribution in [1.29, 1.82) is 0 Å². The Hall–Kier alpha value is -2.18. The quantitative estimate of drug-likeness (QED) is 0.764. The number of nitrogens with two attached hydrogens (primary N) is 1. The normalized spacial score (nSPS) is 20.0. The van der Waals surface area contributed by atoms with Crippen molar-refractivity contribution in [1.82, 2.24) is 14.9 Å². The molecule has 1 aromatic carbocycles. The number of nitrogens with zero attached hydrogens (tertiary/aromatic N) is 4. The molecule has 2 aromatic rings. The number of benzene rings is 1. The number of halogens is 1. The van der Waals surface area contributed by atoms with E-state index in [-0.39, 0.29) is 11.8 Å². The molecule has 0 radical (unpaired) electrons. The average molecular weight is 442 g/mol. The molecule has 0 spiro atoms. The van der Waals surface area contributed by atoms with Crippen LogP contribution in [0.5, 0.6) is 0 Å². The first kappa shape index (κ1) is 22.0. The lowest BCUT2D eigenvalue weighted by Gasteiger charge is -2.38. The molecular formula is C24H32ClN5O. The van der Waals surface area contributed by atoms with Crippen LogP contribution in [0.1, 0.15) is 62.3 Å². The third-order valence-electron chi connectivity index (χ3n) is 6.44. The van der Waals surface area contributed by atoms with Crippen LogP contribution in [0.15, 0.2) is 30.6 Å². The molecule has 4 rings (SSSR count). The zero-order chi connectivity index (χ0) is 22.2. The van der Waals surface area contributed by atoms with Gasteiger partial charge in [0, 0.05) is 48.0 Å². The smallest absolute Gasteiger partial charge is 0.230 e. The van der Waals surface area contributed by atoms with Gasteiger partial charge in [-0.15, -0.1) is 0 Å². The molecule has 6 nitrogen and oxygen atoms in total. The molecule has 1 aliphatic heterocycles. The lowest BCUT2D eigenvalue weighted by molar-refractivity contribution is -0.133. The number of aryl methyl sites for hydroxylation is 1. The summed E-state index contributed by atoms with van der Waals surface area (Å²) in [5.74, 6) is 1.42. The van der Waals surface area contributed by atoms with E-state index in [0.717, 1.165) is 37.3 Å². The minimum absolute atomic E-state index is 0.141. The molecule has 31 heavy (non-hydrogen) atoms. The van der Waals surface area contributed by atoms with Crippen LogP contribution in [0.2, 0.25) is 5.02 Å². The summed E-state index contributed by atoms with van der Waals surface area (Å²) in [7, 11) is 0. The van der Waals surface area contributed by atoms with Crippen LogP contribution in [0, 0.1) is 0 Å². The Labute approximate surface area is 189 Å². The van der Waals surface area contributed by atoms with Crippen molar-refractivity contribution >= 4 is 23.3 Å². The van der Waals surface area contributed by atoms with Gasteiger partial charge in [-0.3, -0.25) is 4.79 Å². The molecule has 2 aliphatic rings. The first-order chi connectivity index (χ1) is 14.7. The number of hydrogen-bond acceptors (Lipinski definition) is 5. The molecule has 0 saturated carbocycles. The fraction of sp³-hybridized carbons (Fsp3) is 0.542. The van der Waals surface area contributed by atoms with Crippen molar-refractivity contribution < 1.29 is 4.79 Å². The summed E-state index contributed by atoms with van der Waals surface area (Å²) in [5, 5.41) is 0.669. The number of aromatic nitrogens is 2. The molecule has 166 valence electrons. The highest BCUT2D eigenvalue weighted by molar-refractivity contribution is 6.30. The van der Waals surface area contributed by atoms with E-state index >= 15 is 0 Å². The first-order valence-corrected chi connectivity index (χ1v) is 11.5. The van der Waals surface area contributed by atoms with E-state index in [9.17, 15) is 4.79 Å². The first-order valence-electron chi connectivity index (χ1n) is 11.1. The highest BCUT2D eigenvalue weighted by Crippen LogP contribution is 2.37. The molecular weight excluding hydrogens is 410 g/mol. The fourth-order valence-electron chi connectivity index (χ4n) is 4.80. The van der Waals surface area contributed by atoms with Crippen LogP contribution >= 0.6 is 11.6 Å². The molecule has 2 atom stereocenters. The van der Waals surface area contributed by atoms with Gasteiger partial charge in [0.2, 0.25) is 5.91 Å². The van der Waals surface area contributed by atoms with Crippen molar-refractivity contribution in [3.8, 4) is 0 Å². The summed E-state index contributed by atoms with van der Waals surface area (Å²) in [6, 6.07) is 7.57. The maximum absolute atomic E-state index is 13.5. The van der Waals surface area contributed by atoms with E-state index in [1.807, 2.05) is 43.0 Å². The highest BCUT2D eigenvalue weighted by atomic mass is 35.5. The number of carbonyl (C=O) groups is 1. The minimum atomic E-state index is -0.445. The van der Waals surface area contributed by atoms with Crippen LogP contribution in [-0.4, -0.2) is 52.5 Å². The third-order valence-corrected chi connectivity index (χ3v) is 6.70. The Kier molecular flexibility index (Phi) is 6.22. The number of fused-ring (bicyclic) bond motifs is 1. The van der Waals surface area contributed by atoms with Gasteiger partial charge in [-0.1, -0.05) is 30.7 Å². The molecule has 2 heterocycles. The minimum Gasteiger partial charge on any atom is -0.353 e. The zero-order valence-electron chi connectivity index (χ0n) is 18.6. The number of amides is 1. The van der Waals surface area contributed by atoms with Crippen molar-refractivity contribution in [3.63, 3.8) is 0 Å². The number of carbonyl (C=O) groups excluding carboxylic acids is 1. The van der Waals surface area contributed by atoms with E-state index in [4.69, 9.17) is 17.3 Å². The van der Waals surface area contributed by atoms with Crippen LogP contribution in [0.3, 0.4) is 0 Å². The van der Waals surface area contributed by atoms with Gasteiger partial charge in [-0.25, -0.2) is 9.97 Å². The Morgan fingerprint density at radius 3 is 2.52 bits per heavy atom. The van der Waals surface area contributed by atoms with Gasteiger partial charge >= 0.3 is 0 Å². The second-order valence-electron chi connectivity index (χ2n) is 9.61. The van der Waals surface area contributed by atoms with Gasteiger partial charge in [0.1, 0.15) is 12.1 Å². The summed E-state index contributed by atoms with van der Waals surface area (Å²) in [6.45, 7) is 9.12. The molecule has 7 heteroatoms. The highest BCUT2D eigenvalue weighted by Gasteiger charge is 2.33. The molecule has 0 bridgehead atoms. The molecule has 1 saturated heterocycles. The Morgan fingerprint density at radius 1 is 1.19 bits per heavy atom. The average Bonchev–Trinajstić information content (AvgIpc) is 3.13. The molecule has 1 aliphatic carbocycles. The van der Waals surface area contributed by atoms with Crippen molar-refractivity contribution in [2.45, 2.75) is 57.4 Å². The van der Waals surface area contributed by atoms with Crippen LogP contribution in [-0.2, 0) is 11.2 Å². The largest absolute Gasteiger partial charge is 0.353 e. The predicted octanol–water partition coefficient (Wildman–Crippen LogP) is 3.74. The molecule has 1 unspecified atom stereocenters. The van der Waals surface area contributed by atoms with Gasteiger partial charge < -0.3 is 15.5 Å². The van der Waals surface area contributed by atoms with E-state index in [2.05, 4.69) is 21.8 Å². The SMILES string of the molecule is C[C@@H]1CCc2ncnc(N3CCN(C(=O)C(CC(C)(C)N)c4ccc(Cl)cc4)CC3)c21. The predicted molar refractivity (Wildman–Crippen MR) is 125 cm³/mol.